The SMILES string of the molecule is CCCCC1C=C(C)C(c2cc3cnc(NC(=O)C4CC4)cc3n(C3CC3)c2=O)=CN1. The van der Waals surface area contributed by atoms with Crippen molar-refractivity contribution in [1.29, 1.82) is 0 Å². The molecule has 1 aliphatic heterocycles. The molecule has 2 N–H and O–H groups in total. The molecule has 6 nitrogen and oxygen atoms in total. The number of pyridine rings is 2. The van der Waals surface area contributed by atoms with Crippen LogP contribution in [0.2, 0.25) is 0 Å². The first kappa shape index (κ1) is 20.0. The van der Waals surface area contributed by atoms with Gasteiger partial charge in [-0.15, -0.1) is 0 Å². The number of carbonyl (C=O) groups excluding carboxylic acids is 1. The fraction of sp³-hybridized carbons (Fsp3) is 0.480. The van der Waals surface area contributed by atoms with Gasteiger partial charge in [0.05, 0.1) is 5.52 Å². The molecule has 0 aromatic carbocycles. The van der Waals surface area contributed by atoms with Crippen LogP contribution in [0.4, 0.5) is 5.82 Å². The summed E-state index contributed by atoms with van der Waals surface area (Å²) in [7, 11) is 0. The Kier molecular flexibility index (Phi) is 5.16. The minimum atomic E-state index is 0.0283. The molecule has 2 aliphatic carbocycles. The molecule has 6 heteroatoms. The van der Waals surface area contributed by atoms with Crippen LogP contribution in [0.5, 0.6) is 0 Å². The number of nitrogens with zero attached hydrogens (tertiary/aromatic N) is 2. The highest BCUT2D eigenvalue weighted by molar-refractivity contribution is 5.95. The molecule has 31 heavy (non-hydrogen) atoms. The lowest BCUT2D eigenvalue weighted by atomic mass is 9.94. The maximum absolute atomic E-state index is 13.6. The van der Waals surface area contributed by atoms with Crippen LogP contribution in [0.1, 0.15) is 70.4 Å². The molecule has 0 radical (unpaired) electrons. The van der Waals surface area contributed by atoms with Crippen molar-refractivity contribution >= 4 is 28.2 Å². The predicted molar refractivity (Wildman–Crippen MR) is 124 cm³/mol. The summed E-state index contributed by atoms with van der Waals surface area (Å²) in [6.07, 6.45) is 13.4. The van der Waals surface area contributed by atoms with Crippen LogP contribution < -0.4 is 16.2 Å². The molecule has 3 heterocycles. The van der Waals surface area contributed by atoms with E-state index in [1.165, 1.54) is 12.8 Å². The lowest BCUT2D eigenvalue weighted by molar-refractivity contribution is -0.117. The summed E-state index contributed by atoms with van der Waals surface area (Å²) in [6.45, 7) is 4.29. The minimum absolute atomic E-state index is 0.0283. The smallest absolute Gasteiger partial charge is 0.259 e. The Labute approximate surface area is 182 Å². The molecule has 162 valence electrons. The van der Waals surface area contributed by atoms with E-state index in [0.717, 1.165) is 54.2 Å². The van der Waals surface area contributed by atoms with Crippen LogP contribution in [-0.4, -0.2) is 21.5 Å². The third-order valence-corrected chi connectivity index (χ3v) is 6.51. The van der Waals surface area contributed by atoms with Crippen LogP contribution in [0.25, 0.3) is 16.5 Å². The van der Waals surface area contributed by atoms with Crippen molar-refractivity contribution in [3.63, 3.8) is 0 Å². The number of aromatic nitrogens is 2. The number of hydrogen-bond acceptors (Lipinski definition) is 4. The molecule has 3 aliphatic rings. The van der Waals surface area contributed by atoms with E-state index >= 15 is 0 Å². The molecule has 2 saturated carbocycles. The second-order valence-electron chi connectivity index (χ2n) is 9.18. The monoisotopic (exact) mass is 418 g/mol. The summed E-state index contributed by atoms with van der Waals surface area (Å²) in [6, 6.07) is 4.36. The van der Waals surface area contributed by atoms with Gasteiger partial charge < -0.3 is 15.2 Å². The standard InChI is InChI=1S/C25H30N4O2/c1-3-4-5-18-10-15(2)21(14-26-18)20-11-17-13-27-23(28-24(30)16-6-7-16)12-22(17)29(25(20)31)19-8-9-19/h10-14,16,18-19,26H,3-9H2,1-2H3,(H,27,28,30). The fourth-order valence-corrected chi connectivity index (χ4v) is 4.39. The zero-order valence-corrected chi connectivity index (χ0v) is 18.3. The van der Waals surface area contributed by atoms with E-state index in [0.29, 0.717) is 17.4 Å². The molecule has 2 fully saturated rings. The Morgan fingerprint density at radius 2 is 2.06 bits per heavy atom. The first-order valence-electron chi connectivity index (χ1n) is 11.6. The normalized spacial score (nSPS) is 20.8. The van der Waals surface area contributed by atoms with Gasteiger partial charge in [-0.2, -0.15) is 0 Å². The molecule has 2 aromatic rings. The molecule has 5 rings (SSSR count). The van der Waals surface area contributed by atoms with Crippen LogP contribution >= 0.6 is 0 Å². The number of rotatable bonds is 7. The quantitative estimate of drug-likeness (QED) is 0.693. The molecular weight excluding hydrogens is 388 g/mol. The summed E-state index contributed by atoms with van der Waals surface area (Å²) >= 11 is 0. The molecule has 0 saturated heterocycles. The second kappa shape index (κ2) is 7.98. The maximum atomic E-state index is 13.6. The van der Waals surface area contributed by atoms with Crippen molar-refractivity contribution in [1.82, 2.24) is 14.9 Å². The van der Waals surface area contributed by atoms with Crippen LogP contribution in [0.3, 0.4) is 0 Å². The first-order chi connectivity index (χ1) is 15.0. The van der Waals surface area contributed by atoms with Gasteiger partial charge in [-0.05, 0) is 50.7 Å². The number of carbonyl (C=O) groups is 1. The highest BCUT2D eigenvalue weighted by atomic mass is 16.2. The average molecular weight is 419 g/mol. The summed E-state index contributed by atoms with van der Waals surface area (Å²) in [5.41, 5.74) is 3.70. The van der Waals surface area contributed by atoms with E-state index in [-0.39, 0.29) is 23.4 Å². The van der Waals surface area contributed by atoms with Crippen LogP contribution in [0, 0.1) is 5.92 Å². The van der Waals surface area contributed by atoms with Crippen molar-refractivity contribution in [2.75, 3.05) is 5.32 Å². The van der Waals surface area contributed by atoms with Gasteiger partial charge >= 0.3 is 0 Å². The lowest BCUT2D eigenvalue weighted by Crippen LogP contribution is -2.29. The largest absolute Gasteiger partial charge is 0.384 e. The van der Waals surface area contributed by atoms with E-state index < -0.39 is 0 Å². The van der Waals surface area contributed by atoms with Crippen molar-refractivity contribution in [3.8, 4) is 0 Å². The lowest BCUT2D eigenvalue weighted by Gasteiger charge is -2.23. The number of hydrogen-bond donors (Lipinski definition) is 2. The van der Waals surface area contributed by atoms with E-state index in [9.17, 15) is 9.59 Å². The van der Waals surface area contributed by atoms with Gasteiger partial charge in [0, 0.05) is 53.0 Å². The van der Waals surface area contributed by atoms with Gasteiger partial charge in [-0.1, -0.05) is 25.8 Å². The van der Waals surface area contributed by atoms with E-state index in [4.69, 9.17) is 0 Å². The van der Waals surface area contributed by atoms with Crippen molar-refractivity contribution in [3.05, 3.63) is 52.1 Å². The topological polar surface area (TPSA) is 76.0 Å². The maximum Gasteiger partial charge on any atom is 0.259 e. The molecule has 1 amide bonds. The van der Waals surface area contributed by atoms with Gasteiger partial charge in [0.2, 0.25) is 5.91 Å². The number of nitrogens with one attached hydrogen (secondary N) is 2. The Bertz CT molecular complexity index is 1150. The molecule has 0 spiro atoms. The second-order valence-corrected chi connectivity index (χ2v) is 9.18. The zero-order chi connectivity index (χ0) is 21.5. The molecule has 1 unspecified atom stereocenters. The van der Waals surface area contributed by atoms with Crippen molar-refractivity contribution in [2.45, 2.75) is 70.9 Å². The van der Waals surface area contributed by atoms with Crippen LogP contribution in [-0.2, 0) is 4.79 Å². The summed E-state index contributed by atoms with van der Waals surface area (Å²) in [5, 5.41) is 7.31. The third kappa shape index (κ3) is 4.03. The number of dihydropyridines is 1. The number of amides is 1. The van der Waals surface area contributed by atoms with Gasteiger partial charge in [0.1, 0.15) is 5.82 Å². The number of unbranched alkanes of at least 4 members (excludes halogenated alkanes) is 1. The highest BCUT2D eigenvalue weighted by Crippen LogP contribution is 2.37. The fourth-order valence-electron chi connectivity index (χ4n) is 4.39. The number of allylic oxidation sites excluding steroid dienone is 2. The summed E-state index contributed by atoms with van der Waals surface area (Å²) in [5.74, 6) is 0.673. The highest BCUT2D eigenvalue weighted by Gasteiger charge is 2.31. The molecule has 1 atom stereocenters. The number of fused-ring (bicyclic) bond motifs is 1. The Hall–Kier alpha value is -2.89. The zero-order valence-electron chi connectivity index (χ0n) is 18.3. The van der Waals surface area contributed by atoms with E-state index in [1.807, 2.05) is 22.9 Å². The molecule has 0 bridgehead atoms. The number of anilines is 1. The van der Waals surface area contributed by atoms with E-state index in [2.05, 4.69) is 35.5 Å². The first-order valence-corrected chi connectivity index (χ1v) is 11.6. The van der Waals surface area contributed by atoms with Gasteiger partial charge in [0.15, 0.2) is 0 Å². The van der Waals surface area contributed by atoms with Gasteiger partial charge in [0.25, 0.3) is 5.56 Å². The Balaban J connectivity index is 1.52. The van der Waals surface area contributed by atoms with Gasteiger partial charge in [-0.3, -0.25) is 9.59 Å². The van der Waals surface area contributed by atoms with Crippen molar-refractivity contribution < 1.29 is 4.79 Å². The average Bonchev–Trinajstić information content (AvgIpc) is 3.65. The summed E-state index contributed by atoms with van der Waals surface area (Å²) < 4.78 is 1.91. The summed E-state index contributed by atoms with van der Waals surface area (Å²) in [4.78, 5) is 30.2. The van der Waals surface area contributed by atoms with E-state index in [1.54, 1.807) is 6.20 Å². The molecular formula is C25H30N4O2. The third-order valence-electron chi connectivity index (χ3n) is 6.51. The Morgan fingerprint density at radius 1 is 1.26 bits per heavy atom. The van der Waals surface area contributed by atoms with Crippen molar-refractivity contribution in [2.24, 2.45) is 5.92 Å². The minimum Gasteiger partial charge on any atom is -0.384 e. The Morgan fingerprint density at radius 3 is 2.74 bits per heavy atom. The van der Waals surface area contributed by atoms with Gasteiger partial charge in [-0.25, -0.2) is 4.98 Å². The van der Waals surface area contributed by atoms with Crippen LogP contribution in [0.15, 0.2) is 41.0 Å². The molecule has 2 aromatic heterocycles. The predicted octanol–water partition coefficient (Wildman–Crippen LogP) is 4.53.